The van der Waals surface area contributed by atoms with Crippen LogP contribution in [0.15, 0.2) is 30.5 Å². The molecule has 0 aliphatic carbocycles. The lowest BCUT2D eigenvalue weighted by Gasteiger charge is -2.30. The average Bonchev–Trinajstić information content (AvgIpc) is 3.07. The molecule has 1 aliphatic rings. The van der Waals surface area contributed by atoms with Gasteiger partial charge in [-0.1, -0.05) is 6.92 Å². The molecule has 3 aromatic rings. The first-order valence-electron chi connectivity index (χ1n) is 8.86. The molecule has 1 amide bonds. The number of hydrogen-bond donors (Lipinski definition) is 1. The summed E-state index contributed by atoms with van der Waals surface area (Å²) < 4.78 is 29.7. The number of anilines is 1. The van der Waals surface area contributed by atoms with Gasteiger partial charge in [0.1, 0.15) is 11.3 Å². The van der Waals surface area contributed by atoms with Crippen molar-refractivity contribution in [1.82, 2.24) is 20.1 Å². The lowest BCUT2D eigenvalue weighted by Crippen LogP contribution is -2.34. The van der Waals surface area contributed by atoms with E-state index in [4.69, 9.17) is 0 Å². The fourth-order valence-electron chi connectivity index (χ4n) is 3.37. The zero-order valence-corrected chi connectivity index (χ0v) is 14.9. The molecular formula is C19H19F2N5O. The van der Waals surface area contributed by atoms with Crippen LogP contribution in [-0.4, -0.2) is 27.2 Å². The van der Waals surface area contributed by atoms with Gasteiger partial charge in [-0.15, -0.1) is 0 Å². The third kappa shape index (κ3) is 3.34. The molecule has 0 spiro atoms. The van der Waals surface area contributed by atoms with Crippen molar-refractivity contribution >= 4 is 22.5 Å². The van der Waals surface area contributed by atoms with Crippen LogP contribution in [0.2, 0.25) is 0 Å². The van der Waals surface area contributed by atoms with Gasteiger partial charge in [-0.3, -0.25) is 14.5 Å². The van der Waals surface area contributed by atoms with Crippen LogP contribution < -0.4 is 10.2 Å². The van der Waals surface area contributed by atoms with Crippen molar-refractivity contribution in [3.8, 4) is 0 Å². The van der Waals surface area contributed by atoms with Gasteiger partial charge in [0.15, 0.2) is 5.82 Å². The molecule has 8 heteroatoms. The van der Waals surface area contributed by atoms with Gasteiger partial charge in [0, 0.05) is 36.3 Å². The Morgan fingerprint density at radius 2 is 2.11 bits per heavy atom. The highest BCUT2D eigenvalue weighted by molar-refractivity contribution is 5.92. The van der Waals surface area contributed by atoms with Crippen molar-refractivity contribution < 1.29 is 13.6 Å². The van der Waals surface area contributed by atoms with Crippen LogP contribution in [0.4, 0.5) is 14.5 Å². The first-order chi connectivity index (χ1) is 13.0. The summed E-state index contributed by atoms with van der Waals surface area (Å²) >= 11 is 0. The number of carbonyl (C=O) groups is 1. The highest BCUT2D eigenvalue weighted by Crippen LogP contribution is 2.30. The molecule has 0 saturated heterocycles. The number of halogens is 2. The minimum absolute atomic E-state index is 0.0186. The van der Waals surface area contributed by atoms with E-state index < -0.39 is 11.6 Å². The van der Waals surface area contributed by atoms with Crippen LogP contribution in [0.25, 0.3) is 10.9 Å². The molecule has 1 aliphatic heterocycles. The second-order valence-corrected chi connectivity index (χ2v) is 6.52. The van der Waals surface area contributed by atoms with Gasteiger partial charge in [0.2, 0.25) is 5.91 Å². The Morgan fingerprint density at radius 1 is 1.26 bits per heavy atom. The third-order valence-electron chi connectivity index (χ3n) is 4.72. The maximum absolute atomic E-state index is 14.0. The summed E-state index contributed by atoms with van der Waals surface area (Å²) in [6, 6.07) is 5.89. The lowest BCUT2D eigenvalue weighted by molar-refractivity contribution is -0.120. The molecule has 4 rings (SSSR count). The van der Waals surface area contributed by atoms with Gasteiger partial charge < -0.3 is 10.2 Å². The molecule has 0 saturated carbocycles. The highest BCUT2D eigenvalue weighted by atomic mass is 19.1. The summed E-state index contributed by atoms with van der Waals surface area (Å²) in [5.74, 6) is -1.30. The van der Waals surface area contributed by atoms with E-state index in [9.17, 15) is 13.6 Å². The summed E-state index contributed by atoms with van der Waals surface area (Å²) in [5.41, 5.74) is 2.69. The van der Waals surface area contributed by atoms with Crippen LogP contribution in [0, 0.1) is 11.6 Å². The van der Waals surface area contributed by atoms with E-state index in [1.165, 1.54) is 12.3 Å². The minimum Gasteiger partial charge on any atom is -0.363 e. The zero-order valence-electron chi connectivity index (χ0n) is 14.9. The molecule has 0 radical (unpaired) electrons. The van der Waals surface area contributed by atoms with E-state index >= 15 is 0 Å². The quantitative estimate of drug-likeness (QED) is 0.766. The Balaban J connectivity index is 1.61. The van der Waals surface area contributed by atoms with Crippen LogP contribution in [0.5, 0.6) is 0 Å². The number of fused-ring (bicyclic) bond motifs is 2. The Morgan fingerprint density at radius 3 is 2.93 bits per heavy atom. The summed E-state index contributed by atoms with van der Waals surface area (Å²) in [4.78, 5) is 17.5. The fourth-order valence-corrected chi connectivity index (χ4v) is 3.37. The Labute approximate surface area is 154 Å². The first-order valence-corrected chi connectivity index (χ1v) is 8.86. The smallest absolute Gasteiger partial charge is 0.220 e. The van der Waals surface area contributed by atoms with E-state index in [1.54, 1.807) is 13.0 Å². The SMILES string of the molecule is CCC(=O)NCc1cc2n(n1)CCN(c1ccnc3c(F)cc(F)cc13)C2. The van der Waals surface area contributed by atoms with E-state index in [1.807, 2.05) is 10.7 Å². The number of carbonyl (C=O) groups excluding carboxylic acids is 1. The molecule has 0 fully saturated rings. The van der Waals surface area contributed by atoms with Crippen molar-refractivity contribution in [1.29, 1.82) is 0 Å². The number of amides is 1. The molecule has 0 unspecified atom stereocenters. The standard InChI is InChI=1S/C19H19F2N5O/c1-2-18(27)23-10-13-9-14-11-25(5-6-26(14)24-13)17-3-4-22-19-15(17)7-12(20)8-16(19)21/h3-4,7-9H,2,5-6,10-11H2,1H3,(H,23,27). The predicted octanol–water partition coefficient (Wildman–Crippen LogP) is 2.76. The second kappa shape index (κ2) is 6.94. The molecule has 1 aromatic carbocycles. The third-order valence-corrected chi connectivity index (χ3v) is 4.72. The number of hydrogen-bond acceptors (Lipinski definition) is 4. The Bertz CT molecular complexity index is 1020. The van der Waals surface area contributed by atoms with Crippen LogP contribution >= 0.6 is 0 Å². The normalized spacial score (nSPS) is 13.7. The molecule has 1 N–H and O–H groups in total. The first kappa shape index (κ1) is 17.4. The summed E-state index contributed by atoms with van der Waals surface area (Å²) in [6.07, 6.45) is 1.97. The lowest BCUT2D eigenvalue weighted by atomic mass is 10.1. The average molecular weight is 371 g/mol. The molecule has 2 aromatic heterocycles. The number of pyridine rings is 1. The van der Waals surface area contributed by atoms with Gasteiger partial charge in [-0.2, -0.15) is 5.10 Å². The van der Waals surface area contributed by atoms with Crippen molar-refractivity contribution in [3.63, 3.8) is 0 Å². The van der Waals surface area contributed by atoms with Crippen molar-refractivity contribution in [2.75, 3.05) is 11.4 Å². The van der Waals surface area contributed by atoms with E-state index in [2.05, 4.69) is 20.3 Å². The maximum atomic E-state index is 14.0. The monoisotopic (exact) mass is 371 g/mol. The molecule has 27 heavy (non-hydrogen) atoms. The van der Waals surface area contributed by atoms with Crippen molar-refractivity contribution in [2.45, 2.75) is 33.0 Å². The van der Waals surface area contributed by atoms with Gasteiger partial charge in [-0.25, -0.2) is 8.78 Å². The minimum atomic E-state index is -0.664. The highest BCUT2D eigenvalue weighted by Gasteiger charge is 2.21. The molecule has 0 bridgehead atoms. The fraction of sp³-hybridized carbons (Fsp3) is 0.316. The Hall–Kier alpha value is -3.03. The van der Waals surface area contributed by atoms with Crippen LogP contribution in [0.3, 0.4) is 0 Å². The van der Waals surface area contributed by atoms with Crippen molar-refractivity contribution in [2.24, 2.45) is 0 Å². The molecule has 3 heterocycles. The number of benzene rings is 1. The molecule has 140 valence electrons. The summed E-state index contributed by atoms with van der Waals surface area (Å²) in [5, 5.41) is 7.79. The summed E-state index contributed by atoms with van der Waals surface area (Å²) in [6.45, 7) is 4.06. The van der Waals surface area contributed by atoms with E-state index in [0.717, 1.165) is 23.1 Å². The van der Waals surface area contributed by atoms with Gasteiger partial charge in [0.25, 0.3) is 0 Å². The van der Waals surface area contributed by atoms with Crippen LogP contribution in [0.1, 0.15) is 24.7 Å². The zero-order chi connectivity index (χ0) is 19.0. The maximum Gasteiger partial charge on any atom is 0.220 e. The van der Waals surface area contributed by atoms with Gasteiger partial charge in [-0.05, 0) is 18.2 Å². The van der Waals surface area contributed by atoms with Gasteiger partial charge >= 0.3 is 0 Å². The van der Waals surface area contributed by atoms with E-state index in [0.29, 0.717) is 38.0 Å². The molecular weight excluding hydrogens is 352 g/mol. The summed E-state index contributed by atoms with van der Waals surface area (Å²) in [7, 11) is 0. The number of rotatable bonds is 4. The van der Waals surface area contributed by atoms with Crippen molar-refractivity contribution in [3.05, 3.63) is 53.5 Å². The molecule has 0 atom stereocenters. The number of nitrogens with one attached hydrogen (secondary N) is 1. The predicted molar refractivity (Wildman–Crippen MR) is 97.1 cm³/mol. The Kier molecular flexibility index (Phi) is 4.47. The van der Waals surface area contributed by atoms with Gasteiger partial charge in [0.05, 0.1) is 31.0 Å². The van der Waals surface area contributed by atoms with E-state index in [-0.39, 0.29) is 11.4 Å². The topological polar surface area (TPSA) is 63.1 Å². The largest absolute Gasteiger partial charge is 0.363 e. The second-order valence-electron chi connectivity index (χ2n) is 6.52. The van der Waals surface area contributed by atoms with Crippen LogP contribution in [-0.2, 0) is 24.4 Å². The number of aromatic nitrogens is 3. The number of nitrogens with zero attached hydrogens (tertiary/aromatic N) is 4. The molecule has 6 nitrogen and oxygen atoms in total.